The Morgan fingerprint density at radius 1 is 1.28 bits per heavy atom. The number of carbonyl (C=O) groups excluding carboxylic acids is 3. The van der Waals surface area contributed by atoms with Gasteiger partial charge in [-0.05, 0) is 62.6 Å². The summed E-state index contributed by atoms with van der Waals surface area (Å²) in [5.41, 5.74) is 0.616. The number of carbonyl (C=O) groups is 3. The average molecular weight is 564 g/mol. The Hall–Kier alpha value is -2.93. The molecule has 8 nitrogen and oxygen atoms in total. The highest BCUT2D eigenvalue weighted by Crippen LogP contribution is 2.49. The molecule has 0 radical (unpaired) electrons. The molecule has 1 aromatic carbocycles. The minimum atomic E-state index is -3.11. The molecule has 0 unspecified atom stereocenters. The van der Waals surface area contributed by atoms with Crippen LogP contribution >= 0.6 is 11.6 Å². The van der Waals surface area contributed by atoms with Crippen LogP contribution in [0.15, 0.2) is 24.3 Å². The maximum Gasteiger partial charge on any atom is 0.255 e. The molecule has 0 spiro atoms. The first-order chi connectivity index (χ1) is 18.5. The molecule has 4 aliphatic rings. The molecule has 1 aromatic rings. The van der Waals surface area contributed by atoms with Crippen LogP contribution in [0.25, 0.3) is 0 Å². The Morgan fingerprint density at radius 2 is 2.05 bits per heavy atom. The molecule has 0 aromatic heterocycles. The molecule has 3 heterocycles. The SMILES string of the molecule is CC(C)C[C@@H](Nc1cccc(Cl)c1)C(=O)N1[C@@H]2CC[C@H]([C@@H]1C(=O)N[C@H](C#N)C[C@@H]1CCCNC1=O)C(F)(F)C2. The Balaban J connectivity index is 1.58. The van der Waals surface area contributed by atoms with Gasteiger partial charge in [-0.25, -0.2) is 8.78 Å². The highest BCUT2D eigenvalue weighted by Gasteiger charge is 2.61. The molecule has 39 heavy (non-hydrogen) atoms. The van der Waals surface area contributed by atoms with Gasteiger partial charge in [0.15, 0.2) is 0 Å². The fourth-order valence-electron chi connectivity index (χ4n) is 6.22. The summed E-state index contributed by atoms with van der Waals surface area (Å²) in [6.07, 6.45) is 1.85. The van der Waals surface area contributed by atoms with Gasteiger partial charge < -0.3 is 20.9 Å². The fraction of sp³-hybridized carbons (Fsp3) is 0.643. The van der Waals surface area contributed by atoms with Crippen LogP contribution in [-0.4, -0.2) is 59.3 Å². The summed E-state index contributed by atoms with van der Waals surface area (Å²) in [6, 6.07) is 4.91. The van der Waals surface area contributed by atoms with Gasteiger partial charge >= 0.3 is 0 Å². The predicted octanol–water partition coefficient (Wildman–Crippen LogP) is 4.11. The summed E-state index contributed by atoms with van der Waals surface area (Å²) >= 11 is 6.13. The van der Waals surface area contributed by atoms with Crippen molar-refractivity contribution in [3.05, 3.63) is 29.3 Å². The van der Waals surface area contributed by atoms with Gasteiger partial charge in [-0.1, -0.05) is 31.5 Å². The summed E-state index contributed by atoms with van der Waals surface area (Å²) in [5.74, 6) is -6.18. The lowest BCUT2D eigenvalue weighted by molar-refractivity contribution is -0.194. The van der Waals surface area contributed by atoms with Gasteiger partial charge in [0.25, 0.3) is 5.92 Å². The van der Waals surface area contributed by atoms with E-state index in [1.54, 1.807) is 24.3 Å². The zero-order chi connectivity index (χ0) is 28.3. The maximum absolute atomic E-state index is 15.1. The monoisotopic (exact) mass is 563 g/mol. The van der Waals surface area contributed by atoms with Crippen molar-refractivity contribution < 1.29 is 23.2 Å². The van der Waals surface area contributed by atoms with Crippen LogP contribution in [0.4, 0.5) is 14.5 Å². The molecule has 212 valence electrons. The number of nitrogens with one attached hydrogen (secondary N) is 3. The summed E-state index contributed by atoms with van der Waals surface area (Å²) in [5, 5.41) is 18.8. The second kappa shape index (κ2) is 12.1. The van der Waals surface area contributed by atoms with Crippen molar-refractivity contribution >= 4 is 35.0 Å². The molecular weight excluding hydrogens is 528 g/mol. The van der Waals surface area contributed by atoms with Crippen LogP contribution in [0.3, 0.4) is 0 Å². The van der Waals surface area contributed by atoms with Crippen LogP contribution < -0.4 is 16.0 Å². The van der Waals surface area contributed by atoms with Gasteiger partial charge in [0.05, 0.1) is 12.0 Å². The van der Waals surface area contributed by atoms with Crippen molar-refractivity contribution in [3.63, 3.8) is 0 Å². The van der Waals surface area contributed by atoms with Crippen molar-refractivity contribution in [2.75, 3.05) is 11.9 Å². The number of nitrogens with zero attached hydrogens (tertiary/aromatic N) is 2. The van der Waals surface area contributed by atoms with E-state index in [9.17, 15) is 19.6 Å². The van der Waals surface area contributed by atoms with Crippen LogP contribution in [0.1, 0.15) is 58.8 Å². The number of fused-ring (bicyclic) bond motifs is 3. The topological polar surface area (TPSA) is 114 Å². The lowest BCUT2D eigenvalue weighted by atomic mass is 9.71. The Kier molecular flexibility index (Phi) is 9.00. The molecule has 1 aliphatic carbocycles. The molecule has 1 saturated carbocycles. The summed E-state index contributed by atoms with van der Waals surface area (Å²) < 4.78 is 30.3. The van der Waals surface area contributed by atoms with Gasteiger partial charge in [0.1, 0.15) is 18.1 Å². The van der Waals surface area contributed by atoms with Gasteiger partial charge in [0.2, 0.25) is 17.7 Å². The van der Waals surface area contributed by atoms with Gasteiger partial charge in [-0.2, -0.15) is 5.26 Å². The van der Waals surface area contributed by atoms with E-state index in [2.05, 4.69) is 16.0 Å². The van der Waals surface area contributed by atoms with Gasteiger partial charge in [-0.3, -0.25) is 14.4 Å². The number of halogens is 3. The number of hydrogen-bond acceptors (Lipinski definition) is 5. The number of piperidine rings is 3. The molecule has 4 fully saturated rings. The second-order valence-corrected chi connectivity index (χ2v) is 11.8. The zero-order valence-electron chi connectivity index (χ0n) is 22.3. The summed E-state index contributed by atoms with van der Waals surface area (Å²) in [4.78, 5) is 41.2. The van der Waals surface area contributed by atoms with Gasteiger partial charge in [-0.15, -0.1) is 0 Å². The smallest absolute Gasteiger partial charge is 0.255 e. The van der Waals surface area contributed by atoms with Gasteiger partial charge in [0, 0.05) is 35.6 Å². The molecule has 3 amide bonds. The van der Waals surface area contributed by atoms with Crippen LogP contribution in [0, 0.1) is 29.1 Å². The summed E-state index contributed by atoms with van der Waals surface area (Å²) in [6.45, 7) is 4.48. The second-order valence-electron chi connectivity index (χ2n) is 11.4. The minimum Gasteiger partial charge on any atom is -0.374 e. The number of hydrogen-bond donors (Lipinski definition) is 3. The maximum atomic E-state index is 15.1. The molecule has 2 bridgehead atoms. The average Bonchev–Trinajstić information content (AvgIpc) is 2.87. The third-order valence-electron chi connectivity index (χ3n) is 8.02. The first kappa shape index (κ1) is 29.1. The first-order valence-corrected chi connectivity index (χ1v) is 14.1. The number of benzene rings is 1. The Labute approximate surface area is 232 Å². The zero-order valence-corrected chi connectivity index (χ0v) is 23.0. The van der Waals surface area contributed by atoms with Crippen molar-refractivity contribution in [1.29, 1.82) is 5.26 Å². The van der Waals surface area contributed by atoms with E-state index in [0.29, 0.717) is 36.5 Å². The molecule has 3 N–H and O–H groups in total. The van der Waals surface area contributed by atoms with E-state index in [4.69, 9.17) is 11.6 Å². The number of alkyl halides is 2. The Bertz CT molecular complexity index is 1130. The van der Waals surface area contributed by atoms with Crippen LogP contribution in [0.5, 0.6) is 0 Å². The lowest BCUT2D eigenvalue weighted by Gasteiger charge is -2.54. The van der Waals surface area contributed by atoms with Crippen molar-refractivity contribution in [2.45, 2.75) is 88.9 Å². The number of rotatable bonds is 9. The predicted molar refractivity (Wildman–Crippen MR) is 143 cm³/mol. The quantitative estimate of drug-likeness (QED) is 0.418. The first-order valence-electron chi connectivity index (χ1n) is 13.7. The molecule has 6 atom stereocenters. The minimum absolute atomic E-state index is 0.0888. The molecule has 5 rings (SSSR count). The van der Waals surface area contributed by atoms with E-state index in [1.807, 2.05) is 19.9 Å². The molecule has 3 aliphatic heterocycles. The largest absolute Gasteiger partial charge is 0.374 e. The van der Waals surface area contributed by atoms with Crippen LogP contribution in [-0.2, 0) is 14.4 Å². The normalized spacial score (nSPS) is 27.3. The van der Waals surface area contributed by atoms with E-state index in [1.165, 1.54) is 4.90 Å². The van der Waals surface area contributed by atoms with Crippen molar-refractivity contribution in [1.82, 2.24) is 15.5 Å². The van der Waals surface area contributed by atoms with Crippen LogP contribution in [0.2, 0.25) is 5.02 Å². The van der Waals surface area contributed by atoms with E-state index < -0.39 is 60.2 Å². The third-order valence-corrected chi connectivity index (χ3v) is 8.26. The van der Waals surface area contributed by atoms with Crippen molar-refractivity contribution in [3.8, 4) is 6.07 Å². The Morgan fingerprint density at radius 3 is 2.69 bits per heavy atom. The lowest BCUT2D eigenvalue weighted by Crippen LogP contribution is -2.70. The van der Waals surface area contributed by atoms with E-state index in [-0.39, 0.29) is 24.7 Å². The number of nitriles is 1. The highest BCUT2D eigenvalue weighted by atomic mass is 35.5. The third kappa shape index (κ3) is 6.63. The number of amides is 3. The van der Waals surface area contributed by atoms with E-state index >= 15 is 8.78 Å². The molecule has 11 heteroatoms. The van der Waals surface area contributed by atoms with Crippen molar-refractivity contribution in [2.24, 2.45) is 17.8 Å². The van der Waals surface area contributed by atoms with E-state index in [0.717, 1.165) is 6.42 Å². The summed E-state index contributed by atoms with van der Waals surface area (Å²) in [7, 11) is 0. The molecular formula is C28H36ClF2N5O3. The standard InChI is InChI=1S/C28H36ClF2N5O3/c1-16(2)11-23(34-19-7-3-6-18(29)13-19)27(39)36-21-8-9-22(28(30,31)14-21)24(36)26(38)35-20(15-32)12-17-5-4-10-33-25(17)37/h3,6-7,13,16-17,20-24,34H,4-5,8-12,14H2,1-2H3,(H,33,37)(H,35,38)/t17-,20-,21+,22+,23+,24+/m0/s1. The fourth-order valence-corrected chi connectivity index (χ4v) is 6.41. The molecule has 3 saturated heterocycles. The number of anilines is 1. The highest BCUT2D eigenvalue weighted by molar-refractivity contribution is 6.30.